The van der Waals surface area contributed by atoms with E-state index in [1.54, 1.807) is 41.9 Å². The van der Waals surface area contributed by atoms with Gasteiger partial charge in [-0.3, -0.25) is 4.98 Å². The Labute approximate surface area is 159 Å². The molecule has 0 fully saturated rings. The van der Waals surface area contributed by atoms with Gasteiger partial charge in [-0.05, 0) is 37.3 Å². The molecular weight excluding hydrogens is 368 g/mol. The monoisotopic (exact) mass is 382 g/mol. The first-order valence-corrected chi connectivity index (χ1v) is 9.23. The van der Waals surface area contributed by atoms with Crippen molar-refractivity contribution in [2.24, 2.45) is 0 Å². The number of thiophene rings is 1. The smallest absolute Gasteiger partial charge is 0.183 e. The molecule has 1 atom stereocenters. The average Bonchev–Trinajstić information content (AvgIpc) is 3.28. The molecule has 1 N–H and O–H groups in total. The summed E-state index contributed by atoms with van der Waals surface area (Å²) in [5, 5.41) is 16.0. The lowest BCUT2D eigenvalue weighted by molar-refractivity contribution is 0.220. The Hall–Kier alpha value is -2.47. The maximum Gasteiger partial charge on any atom is 0.183 e. The number of aromatic nitrogens is 2. The largest absolute Gasteiger partial charge is 0.383 e. The second-order valence-corrected chi connectivity index (χ2v) is 7.60. The van der Waals surface area contributed by atoms with Crippen molar-refractivity contribution in [1.82, 2.24) is 10.1 Å². The van der Waals surface area contributed by atoms with Gasteiger partial charge in [0.25, 0.3) is 0 Å². The van der Waals surface area contributed by atoms with Gasteiger partial charge in [0.2, 0.25) is 0 Å². The summed E-state index contributed by atoms with van der Waals surface area (Å²) in [7, 11) is 0. The molecule has 0 saturated carbocycles. The van der Waals surface area contributed by atoms with E-state index in [9.17, 15) is 5.11 Å². The van der Waals surface area contributed by atoms with E-state index in [1.165, 1.54) is 0 Å². The minimum Gasteiger partial charge on any atom is -0.383 e. The third-order valence-electron chi connectivity index (χ3n) is 4.08. The number of rotatable bonds is 4. The SMILES string of the molecule is Cc1ccc(-c2onc(-c3ccc(Cl)cc3)c2C(O)c2cccnc2)s1. The fourth-order valence-corrected chi connectivity index (χ4v) is 3.79. The van der Waals surface area contributed by atoms with Crippen LogP contribution in [-0.2, 0) is 0 Å². The lowest BCUT2D eigenvalue weighted by atomic mass is 9.97. The van der Waals surface area contributed by atoms with Gasteiger partial charge in [0.05, 0.1) is 10.4 Å². The highest BCUT2D eigenvalue weighted by Crippen LogP contribution is 2.41. The molecule has 3 heterocycles. The van der Waals surface area contributed by atoms with Gasteiger partial charge in [0.15, 0.2) is 5.76 Å². The zero-order chi connectivity index (χ0) is 18.1. The van der Waals surface area contributed by atoms with Crippen molar-refractivity contribution < 1.29 is 9.63 Å². The molecule has 0 aliphatic carbocycles. The highest BCUT2D eigenvalue weighted by atomic mass is 35.5. The Kier molecular flexibility index (Phi) is 4.59. The molecule has 6 heteroatoms. The highest BCUT2D eigenvalue weighted by Gasteiger charge is 2.27. The fourth-order valence-electron chi connectivity index (χ4n) is 2.81. The van der Waals surface area contributed by atoms with Crippen molar-refractivity contribution in [3.05, 3.63) is 82.0 Å². The van der Waals surface area contributed by atoms with E-state index in [2.05, 4.69) is 10.1 Å². The maximum absolute atomic E-state index is 11.1. The maximum atomic E-state index is 11.1. The molecule has 0 amide bonds. The molecule has 0 aliphatic heterocycles. The van der Waals surface area contributed by atoms with Crippen LogP contribution in [0.3, 0.4) is 0 Å². The van der Waals surface area contributed by atoms with E-state index in [4.69, 9.17) is 16.1 Å². The van der Waals surface area contributed by atoms with Crippen LogP contribution < -0.4 is 0 Å². The third-order valence-corrected chi connectivity index (χ3v) is 5.33. The van der Waals surface area contributed by atoms with Gasteiger partial charge >= 0.3 is 0 Å². The third kappa shape index (κ3) is 3.17. The van der Waals surface area contributed by atoms with Crippen LogP contribution in [0.5, 0.6) is 0 Å². The molecule has 1 unspecified atom stereocenters. The van der Waals surface area contributed by atoms with Gasteiger partial charge in [-0.15, -0.1) is 11.3 Å². The summed E-state index contributed by atoms with van der Waals surface area (Å²) in [5.41, 5.74) is 2.73. The van der Waals surface area contributed by atoms with Crippen molar-refractivity contribution in [3.8, 4) is 21.9 Å². The van der Waals surface area contributed by atoms with Gasteiger partial charge in [-0.1, -0.05) is 35.0 Å². The molecule has 4 aromatic rings. The molecule has 0 saturated heterocycles. The number of pyridine rings is 1. The number of hydrogen-bond acceptors (Lipinski definition) is 5. The number of hydrogen-bond donors (Lipinski definition) is 1. The first kappa shape index (κ1) is 17.0. The van der Waals surface area contributed by atoms with E-state index in [1.807, 2.05) is 37.3 Å². The van der Waals surface area contributed by atoms with Crippen LogP contribution in [0.15, 0.2) is 65.4 Å². The Bertz CT molecular complexity index is 1030. The minimum atomic E-state index is -0.905. The first-order chi connectivity index (χ1) is 12.6. The van der Waals surface area contributed by atoms with Crippen LogP contribution in [0.1, 0.15) is 22.1 Å². The summed E-state index contributed by atoms with van der Waals surface area (Å²) in [5.74, 6) is 0.574. The molecule has 26 heavy (non-hydrogen) atoms. The summed E-state index contributed by atoms with van der Waals surface area (Å²) in [6.07, 6.45) is 2.42. The second kappa shape index (κ2) is 7.03. The lowest BCUT2D eigenvalue weighted by Crippen LogP contribution is -2.02. The average molecular weight is 383 g/mol. The standard InChI is InChI=1S/C20H15ClN2O2S/c1-12-4-9-16(26-12)20-17(19(24)14-3-2-10-22-11-14)18(23-25-20)13-5-7-15(21)8-6-13/h2-11,19,24H,1H3. The van der Waals surface area contributed by atoms with Crippen LogP contribution in [0, 0.1) is 6.92 Å². The van der Waals surface area contributed by atoms with E-state index in [-0.39, 0.29) is 0 Å². The number of nitrogens with zero attached hydrogens (tertiary/aromatic N) is 2. The van der Waals surface area contributed by atoms with Crippen LogP contribution in [0.4, 0.5) is 0 Å². The summed E-state index contributed by atoms with van der Waals surface area (Å²) in [4.78, 5) is 6.19. The first-order valence-electron chi connectivity index (χ1n) is 8.04. The molecule has 0 aliphatic rings. The van der Waals surface area contributed by atoms with Crippen molar-refractivity contribution in [1.29, 1.82) is 0 Å². The highest BCUT2D eigenvalue weighted by molar-refractivity contribution is 7.15. The van der Waals surface area contributed by atoms with Gasteiger partial charge in [-0.2, -0.15) is 0 Å². The van der Waals surface area contributed by atoms with E-state index in [0.717, 1.165) is 15.3 Å². The predicted molar refractivity (Wildman–Crippen MR) is 103 cm³/mol. The number of halogens is 1. The van der Waals surface area contributed by atoms with Crippen LogP contribution >= 0.6 is 22.9 Å². The van der Waals surface area contributed by atoms with Crippen molar-refractivity contribution in [3.63, 3.8) is 0 Å². The second-order valence-electron chi connectivity index (χ2n) is 5.88. The molecule has 1 aromatic carbocycles. The zero-order valence-electron chi connectivity index (χ0n) is 13.9. The van der Waals surface area contributed by atoms with E-state index >= 15 is 0 Å². The fraction of sp³-hybridized carbons (Fsp3) is 0.100. The molecule has 0 spiro atoms. The van der Waals surface area contributed by atoms with Crippen molar-refractivity contribution in [2.45, 2.75) is 13.0 Å². The summed E-state index contributed by atoms with van der Waals surface area (Å²) < 4.78 is 5.67. The Morgan fingerprint density at radius 3 is 2.58 bits per heavy atom. The lowest BCUT2D eigenvalue weighted by Gasteiger charge is -2.12. The molecule has 0 bridgehead atoms. The molecule has 0 radical (unpaired) electrons. The predicted octanol–water partition coefficient (Wildman–Crippen LogP) is 5.51. The molecular formula is C20H15ClN2O2S. The van der Waals surface area contributed by atoms with Crippen LogP contribution in [0.25, 0.3) is 21.9 Å². The van der Waals surface area contributed by atoms with Crippen LogP contribution in [-0.4, -0.2) is 15.2 Å². The topological polar surface area (TPSA) is 59.2 Å². The van der Waals surface area contributed by atoms with Gasteiger partial charge in [0, 0.05) is 33.4 Å². The molecule has 3 aromatic heterocycles. The van der Waals surface area contributed by atoms with Gasteiger partial charge in [-0.25, -0.2) is 0 Å². The Balaban J connectivity index is 1.90. The number of aryl methyl sites for hydroxylation is 1. The summed E-state index contributed by atoms with van der Waals surface area (Å²) >= 11 is 7.60. The van der Waals surface area contributed by atoms with Gasteiger partial charge in [0.1, 0.15) is 11.8 Å². The van der Waals surface area contributed by atoms with E-state index < -0.39 is 6.10 Å². The molecule has 130 valence electrons. The number of benzene rings is 1. The molecule has 4 rings (SSSR count). The van der Waals surface area contributed by atoms with Crippen LogP contribution in [0.2, 0.25) is 5.02 Å². The quantitative estimate of drug-likeness (QED) is 0.505. The Morgan fingerprint density at radius 1 is 1.12 bits per heavy atom. The normalized spacial score (nSPS) is 12.3. The Morgan fingerprint density at radius 2 is 1.92 bits per heavy atom. The number of aliphatic hydroxyl groups is 1. The van der Waals surface area contributed by atoms with Gasteiger partial charge < -0.3 is 9.63 Å². The van der Waals surface area contributed by atoms with Crippen molar-refractivity contribution >= 4 is 22.9 Å². The summed E-state index contributed by atoms with van der Waals surface area (Å²) in [6, 6.07) is 14.9. The number of aliphatic hydroxyl groups excluding tert-OH is 1. The molecule has 4 nitrogen and oxygen atoms in total. The minimum absolute atomic E-state index is 0.574. The summed E-state index contributed by atoms with van der Waals surface area (Å²) in [6.45, 7) is 2.03. The zero-order valence-corrected chi connectivity index (χ0v) is 15.5. The van der Waals surface area contributed by atoms with Crippen molar-refractivity contribution in [2.75, 3.05) is 0 Å². The van der Waals surface area contributed by atoms with E-state index in [0.29, 0.717) is 27.6 Å².